The van der Waals surface area contributed by atoms with Gasteiger partial charge in [-0.15, -0.1) is 0 Å². The van der Waals surface area contributed by atoms with E-state index in [1.807, 2.05) is 48.2 Å². The highest BCUT2D eigenvalue weighted by atomic mass is 79.9. The van der Waals surface area contributed by atoms with Gasteiger partial charge in [-0.2, -0.15) is 0 Å². The maximum Gasteiger partial charge on any atom is 0.254 e. The molecule has 1 aliphatic carbocycles. The normalized spacial score (nSPS) is 14.0. The second-order valence-corrected chi connectivity index (χ2v) is 6.42. The lowest BCUT2D eigenvalue weighted by atomic mass is 10.1. The Bertz CT molecular complexity index is 650. The Morgan fingerprint density at radius 3 is 2.52 bits per heavy atom. The Kier molecular flexibility index (Phi) is 4.11. The van der Waals surface area contributed by atoms with Crippen LogP contribution >= 0.6 is 15.9 Å². The molecule has 2 nitrogen and oxygen atoms in total. The molecule has 0 aliphatic heterocycles. The van der Waals surface area contributed by atoms with E-state index in [4.69, 9.17) is 0 Å². The maximum absolute atomic E-state index is 12.9. The Balaban J connectivity index is 1.87. The van der Waals surface area contributed by atoms with Crippen molar-refractivity contribution in [3.63, 3.8) is 0 Å². The second kappa shape index (κ2) is 6.02. The number of carbonyl (C=O) groups excluding carboxylic acids is 1. The molecule has 1 aliphatic rings. The van der Waals surface area contributed by atoms with Crippen LogP contribution in [0.15, 0.2) is 53.0 Å². The smallest absolute Gasteiger partial charge is 0.254 e. The largest absolute Gasteiger partial charge is 0.331 e. The molecule has 2 aromatic rings. The average Bonchev–Trinajstić information content (AvgIpc) is 3.33. The number of hydrogen-bond acceptors (Lipinski definition) is 1. The van der Waals surface area contributed by atoms with Crippen LogP contribution < -0.4 is 0 Å². The number of benzene rings is 2. The van der Waals surface area contributed by atoms with E-state index in [-0.39, 0.29) is 5.91 Å². The number of halogens is 1. The highest BCUT2D eigenvalue weighted by Crippen LogP contribution is 2.31. The lowest BCUT2D eigenvalue weighted by Gasteiger charge is -2.23. The third-order valence-electron chi connectivity index (χ3n) is 3.94. The van der Waals surface area contributed by atoms with Crippen molar-refractivity contribution < 1.29 is 4.79 Å². The second-order valence-electron chi connectivity index (χ2n) is 5.56. The summed E-state index contributed by atoms with van der Waals surface area (Å²) in [6.07, 6.45) is 2.23. The third kappa shape index (κ3) is 3.18. The van der Waals surface area contributed by atoms with Crippen LogP contribution in [0.5, 0.6) is 0 Å². The zero-order chi connectivity index (χ0) is 14.8. The highest BCUT2D eigenvalue weighted by molar-refractivity contribution is 9.10. The molecule has 0 N–H and O–H groups in total. The van der Waals surface area contributed by atoms with Gasteiger partial charge in [-0.05, 0) is 43.0 Å². The Morgan fingerprint density at radius 2 is 1.86 bits per heavy atom. The zero-order valence-corrected chi connectivity index (χ0v) is 13.6. The molecule has 1 fully saturated rings. The Morgan fingerprint density at radius 1 is 1.14 bits per heavy atom. The van der Waals surface area contributed by atoms with Crippen LogP contribution in [0.1, 0.15) is 34.3 Å². The molecule has 1 amide bonds. The van der Waals surface area contributed by atoms with E-state index in [0.29, 0.717) is 12.6 Å². The van der Waals surface area contributed by atoms with Gasteiger partial charge in [0, 0.05) is 22.6 Å². The summed E-state index contributed by atoms with van der Waals surface area (Å²) in [5, 5.41) is 0. The van der Waals surface area contributed by atoms with Crippen molar-refractivity contribution in [1.29, 1.82) is 0 Å². The summed E-state index contributed by atoms with van der Waals surface area (Å²) < 4.78 is 0.990. The molecule has 0 aromatic heterocycles. The summed E-state index contributed by atoms with van der Waals surface area (Å²) >= 11 is 3.51. The van der Waals surface area contributed by atoms with Crippen molar-refractivity contribution in [3.8, 4) is 0 Å². The molecule has 0 bridgehead atoms. The number of amides is 1. The van der Waals surface area contributed by atoms with Crippen LogP contribution in [-0.4, -0.2) is 16.8 Å². The SMILES string of the molecule is Cc1c(Br)cccc1C(=O)N(Cc1ccccc1)C1CC1. The summed E-state index contributed by atoms with van der Waals surface area (Å²) in [7, 11) is 0. The monoisotopic (exact) mass is 343 g/mol. The first-order valence-electron chi connectivity index (χ1n) is 7.27. The molecule has 0 spiro atoms. The first kappa shape index (κ1) is 14.3. The fourth-order valence-corrected chi connectivity index (χ4v) is 2.89. The van der Waals surface area contributed by atoms with Crippen LogP contribution in [0.4, 0.5) is 0 Å². The highest BCUT2D eigenvalue weighted by Gasteiger charge is 2.33. The average molecular weight is 344 g/mol. The summed E-state index contributed by atoms with van der Waals surface area (Å²) in [5.74, 6) is 0.139. The van der Waals surface area contributed by atoms with E-state index in [1.165, 1.54) is 5.56 Å². The minimum Gasteiger partial charge on any atom is -0.331 e. The molecule has 0 saturated heterocycles. The fourth-order valence-electron chi connectivity index (χ4n) is 2.53. The molecule has 0 atom stereocenters. The number of rotatable bonds is 4. The number of nitrogens with zero attached hydrogens (tertiary/aromatic N) is 1. The molecule has 108 valence electrons. The van der Waals surface area contributed by atoms with Crippen LogP contribution in [-0.2, 0) is 6.54 Å². The van der Waals surface area contributed by atoms with Gasteiger partial charge in [0.15, 0.2) is 0 Å². The summed E-state index contributed by atoms with van der Waals surface area (Å²) in [5.41, 5.74) is 3.00. The van der Waals surface area contributed by atoms with Gasteiger partial charge in [-0.1, -0.05) is 52.3 Å². The standard InChI is InChI=1S/C18H18BrNO/c1-13-16(8-5-9-17(13)19)18(21)20(15-10-11-15)12-14-6-3-2-4-7-14/h2-9,15H,10-12H2,1H3. The molecular weight excluding hydrogens is 326 g/mol. The molecule has 0 heterocycles. The Hall–Kier alpha value is -1.61. The first-order chi connectivity index (χ1) is 10.2. The van der Waals surface area contributed by atoms with Gasteiger partial charge in [0.2, 0.25) is 0 Å². The number of carbonyl (C=O) groups is 1. The Labute approximate surface area is 133 Å². The summed E-state index contributed by atoms with van der Waals surface area (Å²) in [6, 6.07) is 16.4. The third-order valence-corrected chi connectivity index (χ3v) is 4.80. The van der Waals surface area contributed by atoms with Crippen molar-refractivity contribution in [2.45, 2.75) is 32.4 Å². The van der Waals surface area contributed by atoms with Gasteiger partial charge >= 0.3 is 0 Å². The van der Waals surface area contributed by atoms with E-state index in [9.17, 15) is 4.79 Å². The van der Waals surface area contributed by atoms with E-state index >= 15 is 0 Å². The number of hydrogen-bond donors (Lipinski definition) is 0. The van der Waals surface area contributed by atoms with Gasteiger partial charge in [0.05, 0.1) is 0 Å². The predicted octanol–water partition coefficient (Wildman–Crippen LogP) is 4.56. The van der Waals surface area contributed by atoms with E-state index in [0.717, 1.165) is 28.4 Å². The van der Waals surface area contributed by atoms with Crippen molar-refractivity contribution in [2.75, 3.05) is 0 Å². The molecular formula is C18H18BrNO. The van der Waals surface area contributed by atoms with E-state index in [2.05, 4.69) is 28.1 Å². The fraction of sp³-hybridized carbons (Fsp3) is 0.278. The zero-order valence-electron chi connectivity index (χ0n) is 12.1. The minimum atomic E-state index is 0.139. The lowest BCUT2D eigenvalue weighted by Crippen LogP contribution is -2.33. The van der Waals surface area contributed by atoms with Crippen LogP contribution in [0.2, 0.25) is 0 Å². The first-order valence-corrected chi connectivity index (χ1v) is 8.06. The van der Waals surface area contributed by atoms with Crippen molar-refractivity contribution in [3.05, 3.63) is 69.7 Å². The van der Waals surface area contributed by atoms with Gasteiger partial charge in [-0.3, -0.25) is 4.79 Å². The van der Waals surface area contributed by atoms with E-state index < -0.39 is 0 Å². The molecule has 3 heteroatoms. The van der Waals surface area contributed by atoms with Crippen LogP contribution in [0.25, 0.3) is 0 Å². The van der Waals surface area contributed by atoms with Crippen LogP contribution in [0, 0.1) is 6.92 Å². The molecule has 1 saturated carbocycles. The van der Waals surface area contributed by atoms with Crippen molar-refractivity contribution in [2.24, 2.45) is 0 Å². The summed E-state index contributed by atoms with van der Waals surface area (Å²) in [4.78, 5) is 14.9. The van der Waals surface area contributed by atoms with Gasteiger partial charge < -0.3 is 4.90 Å². The maximum atomic E-state index is 12.9. The molecule has 2 aromatic carbocycles. The van der Waals surface area contributed by atoms with Crippen molar-refractivity contribution >= 4 is 21.8 Å². The predicted molar refractivity (Wildman–Crippen MR) is 88.2 cm³/mol. The lowest BCUT2D eigenvalue weighted by molar-refractivity contribution is 0.0729. The quantitative estimate of drug-likeness (QED) is 0.796. The van der Waals surface area contributed by atoms with Gasteiger partial charge in [0.25, 0.3) is 5.91 Å². The summed E-state index contributed by atoms with van der Waals surface area (Å²) in [6.45, 7) is 2.68. The van der Waals surface area contributed by atoms with Gasteiger partial charge in [-0.25, -0.2) is 0 Å². The van der Waals surface area contributed by atoms with Crippen molar-refractivity contribution in [1.82, 2.24) is 4.90 Å². The van der Waals surface area contributed by atoms with E-state index in [1.54, 1.807) is 0 Å². The topological polar surface area (TPSA) is 20.3 Å². The van der Waals surface area contributed by atoms with Gasteiger partial charge in [0.1, 0.15) is 0 Å². The molecule has 3 rings (SSSR count). The molecule has 0 radical (unpaired) electrons. The van der Waals surface area contributed by atoms with Crippen LogP contribution in [0.3, 0.4) is 0 Å². The molecule has 0 unspecified atom stereocenters. The minimum absolute atomic E-state index is 0.139. The molecule has 21 heavy (non-hydrogen) atoms.